The van der Waals surface area contributed by atoms with Crippen molar-refractivity contribution >= 4 is 5.84 Å². The number of hydrogen-bond acceptors (Lipinski definition) is 4. The van der Waals surface area contributed by atoms with Crippen molar-refractivity contribution in [1.82, 2.24) is 4.90 Å². The first kappa shape index (κ1) is 13.2. The molecule has 0 amide bonds. The summed E-state index contributed by atoms with van der Waals surface area (Å²) in [4.78, 5) is 6.38. The molecule has 0 bridgehead atoms. The van der Waals surface area contributed by atoms with Crippen LogP contribution in [0.5, 0.6) is 0 Å². The zero-order valence-electron chi connectivity index (χ0n) is 11.4. The molecule has 0 aromatic carbocycles. The molecule has 1 fully saturated rings. The van der Waals surface area contributed by atoms with E-state index in [0.717, 1.165) is 31.6 Å². The first-order chi connectivity index (χ1) is 8.58. The quantitative estimate of drug-likeness (QED) is 0.807. The fourth-order valence-electron chi connectivity index (χ4n) is 2.72. The maximum Gasteiger partial charge on any atom is 0.253 e. The van der Waals surface area contributed by atoms with Gasteiger partial charge in [0.05, 0.1) is 6.54 Å². The molecule has 1 aliphatic heterocycles. The lowest BCUT2D eigenvalue weighted by molar-refractivity contribution is 0.255. The van der Waals surface area contributed by atoms with E-state index in [2.05, 4.69) is 23.7 Å². The number of nitrogens with zero attached hydrogens (tertiary/aromatic N) is 2. The molecule has 2 rings (SSSR count). The first-order valence-electron chi connectivity index (χ1n) is 7.02. The standard InChI is InChI=1S/C14H24N2O2/c1-10(2)7-8-16-9-12(17)14(18)15-13(16)11-5-3-4-6-11/h10-11,17-18H,3-9H2,1-2H3. The molecular formula is C14H24N2O2. The van der Waals surface area contributed by atoms with Crippen molar-refractivity contribution in [3.8, 4) is 0 Å². The molecule has 18 heavy (non-hydrogen) atoms. The lowest BCUT2D eigenvalue weighted by Crippen LogP contribution is -2.40. The summed E-state index contributed by atoms with van der Waals surface area (Å²) in [5, 5.41) is 19.3. The Labute approximate surface area is 109 Å². The number of hydrogen-bond donors (Lipinski definition) is 2. The maximum atomic E-state index is 9.65. The second kappa shape index (κ2) is 5.63. The van der Waals surface area contributed by atoms with E-state index in [1.54, 1.807) is 0 Å². The Hall–Kier alpha value is -1.19. The van der Waals surface area contributed by atoms with Crippen molar-refractivity contribution in [3.05, 3.63) is 11.6 Å². The topological polar surface area (TPSA) is 56.1 Å². The van der Waals surface area contributed by atoms with Gasteiger partial charge in [-0.25, -0.2) is 0 Å². The minimum Gasteiger partial charge on any atom is -0.506 e. The summed E-state index contributed by atoms with van der Waals surface area (Å²) in [6.45, 7) is 5.71. The van der Waals surface area contributed by atoms with Gasteiger partial charge in [0, 0.05) is 12.5 Å². The van der Waals surface area contributed by atoms with Crippen molar-refractivity contribution < 1.29 is 10.2 Å². The summed E-state index contributed by atoms with van der Waals surface area (Å²) >= 11 is 0. The Morgan fingerprint density at radius 3 is 2.56 bits per heavy atom. The van der Waals surface area contributed by atoms with Gasteiger partial charge >= 0.3 is 0 Å². The van der Waals surface area contributed by atoms with Crippen molar-refractivity contribution in [3.63, 3.8) is 0 Å². The third kappa shape index (κ3) is 2.98. The molecule has 0 spiro atoms. The molecule has 2 N–H and O–H groups in total. The monoisotopic (exact) mass is 252 g/mol. The van der Waals surface area contributed by atoms with Gasteiger partial charge in [-0.1, -0.05) is 26.7 Å². The van der Waals surface area contributed by atoms with Gasteiger partial charge in [-0.3, -0.25) is 0 Å². The highest BCUT2D eigenvalue weighted by molar-refractivity contribution is 5.86. The van der Waals surface area contributed by atoms with Crippen LogP contribution in [0.1, 0.15) is 46.0 Å². The van der Waals surface area contributed by atoms with Crippen LogP contribution in [0.4, 0.5) is 0 Å². The van der Waals surface area contributed by atoms with Crippen molar-refractivity contribution in [2.45, 2.75) is 46.0 Å². The molecule has 4 nitrogen and oxygen atoms in total. The predicted octanol–water partition coefficient (Wildman–Crippen LogP) is 3.22. The molecule has 1 aliphatic carbocycles. The van der Waals surface area contributed by atoms with Crippen LogP contribution in [0, 0.1) is 11.8 Å². The summed E-state index contributed by atoms with van der Waals surface area (Å²) in [6.07, 6.45) is 5.90. The molecular weight excluding hydrogens is 228 g/mol. The highest BCUT2D eigenvalue weighted by Crippen LogP contribution is 2.30. The summed E-state index contributed by atoms with van der Waals surface area (Å²) in [5.74, 6) is 1.91. The van der Waals surface area contributed by atoms with Crippen LogP contribution in [0.2, 0.25) is 0 Å². The van der Waals surface area contributed by atoms with Gasteiger partial charge in [0.25, 0.3) is 5.88 Å². The zero-order valence-corrected chi connectivity index (χ0v) is 11.4. The number of rotatable bonds is 4. The molecule has 2 aliphatic rings. The normalized spacial score (nSPS) is 21.9. The van der Waals surface area contributed by atoms with Gasteiger partial charge < -0.3 is 15.1 Å². The number of amidine groups is 1. The van der Waals surface area contributed by atoms with Crippen LogP contribution in [-0.2, 0) is 0 Å². The summed E-state index contributed by atoms with van der Waals surface area (Å²) in [5.41, 5.74) is 0. The van der Waals surface area contributed by atoms with Gasteiger partial charge in [-0.15, -0.1) is 0 Å². The van der Waals surface area contributed by atoms with Crippen LogP contribution in [-0.4, -0.2) is 34.0 Å². The third-order valence-electron chi connectivity index (χ3n) is 3.84. The summed E-state index contributed by atoms with van der Waals surface area (Å²) < 4.78 is 0. The lowest BCUT2D eigenvalue weighted by Gasteiger charge is -2.32. The molecule has 4 heteroatoms. The number of aliphatic hydroxyl groups excluding tert-OH is 2. The SMILES string of the molecule is CC(C)CCN1CC(O)=C(O)N=C1C1CCCC1. The second-order valence-corrected chi connectivity index (χ2v) is 5.83. The molecule has 0 radical (unpaired) electrons. The molecule has 102 valence electrons. The second-order valence-electron chi connectivity index (χ2n) is 5.83. The van der Waals surface area contributed by atoms with Gasteiger partial charge in [0.1, 0.15) is 5.84 Å². The smallest absolute Gasteiger partial charge is 0.253 e. The third-order valence-corrected chi connectivity index (χ3v) is 3.84. The Balaban J connectivity index is 2.10. The van der Waals surface area contributed by atoms with Crippen LogP contribution in [0.25, 0.3) is 0 Å². The minimum atomic E-state index is -0.183. The van der Waals surface area contributed by atoms with E-state index in [1.807, 2.05) is 0 Å². The molecule has 0 saturated heterocycles. The summed E-state index contributed by atoms with van der Waals surface area (Å²) in [7, 11) is 0. The Kier molecular flexibility index (Phi) is 4.15. The van der Waals surface area contributed by atoms with E-state index in [1.165, 1.54) is 12.8 Å². The fraction of sp³-hybridized carbons (Fsp3) is 0.786. The van der Waals surface area contributed by atoms with Crippen LogP contribution < -0.4 is 0 Å². The largest absolute Gasteiger partial charge is 0.506 e. The Bertz CT molecular complexity index is 355. The highest BCUT2D eigenvalue weighted by atomic mass is 16.3. The molecule has 0 unspecified atom stereocenters. The Morgan fingerprint density at radius 1 is 1.28 bits per heavy atom. The minimum absolute atomic E-state index is 0.000466. The summed E-state index contributed by atoms with van der Waals surface area (Å²) in [6, 6.07) is 0. The van der Waals surface area contributed by atoms with Gasteiger partial charge in [0.15, 0.2) is 5.76 Å². The van der Waals surface area contributed by atoms with Crippen LogP contribution in [0.15, 0.2) is 16.6 Å². The first-order valence-corrected chi connectivity index (χ1v) is 7.02. The maximum absolute atomic E-state index is 9.65. The number of aliphatic imine (C=N–C) groups is 1. The Morgan fingerprint density at radius 2 is 1.94 bits per heavy atom. The fourth-order valence-corrected chi connectivity index (χ4v) is 2.72. The van der Waals surface area contributed by atoms with Gasteiger partial charge in [-0.2, -0.15) is 4.99 Å². The molecule has 0 atom stereocenters. The van der Waals surface area contributed by atoms with Crippen molar-refractivity contribution in [2.24, 2.45) is 16.8 Å². The van der Waals surface area contributed by atoms with Gasteiger partial charge in [-0.05, 0) is 25.2 Å². The zero-order chi connectivity index (χ0) is 13.1. The average Bonchev–Trinajstić information content (AvgIpc) is 2.83. The number of aliphatic hydroxyl groups is 2. The van der Waals surface area contributed by atoms with E-state index in [-0.39, 0.29) is 11.6 Å². The van der Waals surface area contributed by atoms with E-state index in [0.29, 0.717) is 18.4 Å². The predicted molar refractivity (Wildman–Crippen MR) is 72.7 cm³/mol. The van der Waals surface area contributed by atoms with Crippen LogP contribution >= 0.6 is 0 Å². The molecule has 0 aromatic rings. The van der Waals surface area contributed by atoms with E-state index in [9.17, 15) is 10.2 Å². The average molecular weight is 252 g/mol. The molecule has 1 heterocycles. The van der Waals surface area contributed by atoms with Crippen LogP contribution in [0.3, 0.4) is 0 Å². The van der Waals surface area contributed by atoms with Gasteiger partial charge in [0.2, 0.25) is 0 Å². The van der Waals surface area contributed by atoms with E-state index in [4.69, 9.17) is 0 Å². The van der Waals surface area contributed by atoms with Crippen molar-refractivity contribution in [2.75, 3.05) is 13.1 Å². The van der Waals surface area contributed by atoms with Crippen molar-refractivity contribution in [1.29, 1.82) is 0 Å². The van der Waals surface area contributed by atoms with E-state index < -0.39 is 0 Å². The molecule has 1 saturated carbocycles. The molecule has 0 aromatic heterocycles. The lowest BCUT2D eigenvalue weighted by atomic mass is 10.0. The van der Waals surface area contributed by atoms with E-state index >= 15 is 0 Å². The highest BCUT2D eigenvalue weighted by Gasteiger charge is 2.29.